The normalized spacial score (nSPS) is 10.9. The molecule has 6 aromatic carbocycles. The Morgan fingerprint density at radius 2 is 0.595 bits per heavy atom. The van der Waals surface area contributed by atoms with Crippen molar-refractivity contribution in [2.24, 2.45) is 0 Å². The molecular formula is C40H36N2. The first-order valence-electron chi connectivity index (χ1n) is 14.5. The number of anilines is 6. The van der Waals surface area contributed by atoms with Gasteiger partial charge in [-0.25, -0.2) is 0 Å². The van der Waals surface area contributed by atoms with E-state index in [1.54, 1.807) is 0 Å². The Kier molecular flexibility index (Phi) is 7.62. The number of benzene rings is 6. The van der Waals surface area contributed by atoms with Crippen molar-refractivity contribution in [1.82, 2.24) is 0 Å². The van der Waals surface area contributed by atoms with Crippen LogP contribution < -0.4 is 9.80 Å². The van der Waals surface area contributed by atoms with Crippen molar-refractivity contribution in [2.45, 2.75) is 27.7 Å². The molecule has 0 heterocycles. The van der Waals surface area contributed by atoms with Crippen LogP contribution in [0.1, 0.15) is 22.3 Å². The molecule has 42 heavy (non-hydrogen) atoms. The molecule has 0 atom stereocenters. The van der Waals surface area contributed by atoms with Gasteiger partial charge in [-0.05, 0) is 106 Å². The molecule has 0 amide bonds. The molecule has 0 aromatic heterocycles. The van der Waals surface area contributed by atoms with Gasteiger partial charge in [0.25, 0.3) is 0 Å². The molecule has 0 spiro atoms. The zero-order chi connectivity index (χ0) is 29.1. The Balaban J connectivity index is 1.61. The number of hydrogen-bond acceptors (Lipinski definition) is 2. The molecule has 0 aliphatic heterocycles. The molecule has 0 aliphatic carbocycles. The second-order valence-electron chi connectivity index (χ2n) is 11.1. The maximum absolute atomic E-state index is 2.36. The summed E-state index contributed by atoms with van der Waals surface area (Å²) >= 11 is 0. The van der Waals surface area contributed by atoms with Gasteiger partial charge in [0.1, 0.15) is 0 Å². The van der Waals surface area contributed by atoms with Gasteiger partial charge in [-0.2, -0.15) is 0 Å². The second kappa shape index (κ2) is 11.8. The first-order valence-corrected chi connectivity index (χ1v) is 14.5. The lowest BCUT2D eigenvalue weighted by molar-refractivity contribution is 1.24. The minimum Gasteiger partial charge on any atom is -0.310 e. The molecule has 0 unspecified atom stereocenters. The van der Waals surface area contributed by atoms with Crippen molar-refractivity contribution < 1.29 is 0 Å². The summed E-state index contributed by atoms with van der Waals surface area (Å²) in [6.45, 7) is 8.54. The van der Waals surface area contributed by atoms with E-state index in [2.05, 4.69) is 183 Å². The summed E-state index contributed by atoms with van der Waals surface area (Å²) in [6.07, 6.45) is 0. The van der Waals surface area contributed by atoms with Gasteiger partial charge in [0, 0.05) is 34.1 Å². The van der Waals surface area contributed by atoms with Crippen LogP contribution in [-0.4, -0.2) is 0 Å². The Hall–Kier alpha value is -5.08. The lowest BCUT2D eigenvalue weighted by atomic mass is 10.0. The summed E-state index contributed by atoms with van der Waals surface area (Å²) in [5.41, 5.74) is 14.0. The summed E-state index contributed by atoms with van der Waals surface area (Å²) in [6, 6.07) is 52.7. The maximum Gasteiger partial charge on any atom is 0.0488 e. The van der Waals surface area contributed by atoms with Crippen molar-refractivity contribution in [2.75, 3.05) is 9.80 Å². The monoisotopic (exact) mass is 544 g/mol. The highest BCUT2D eigenvalue weighted by atomic mass is 15.2. The Bertz CT molecular complexity index is 1560. The van der Waals surface area contributed by atoms with Gasteiger partial charge in [0.15, 0.2) is 0 Å². The molecule has 0 radical (unpaired) electrons. The first kappa shape index (κ1) is 27.1. The Morgan fingerprint density at radius 3 is 0.905 bits per heavy atom. The minimum absolute atomic E-state index is 1.10. The van der Waals surface area contributed by atoms with Crippen LogP contribution in [0.2, 0.25) is 0 Å². The second-order valence-corrected chi connectivity index (χ2v) is 11.1. The topological polar surface area (TPSA) is 6.48 Å². The molecule has 2 heteroatoms. The molecule has 0 bridgehead atoms. The van der Waals surface area contributed by atoms with Gasteiger partial charge in [-0.15, -0.1) is 0 Å². The summed E-state index contributed by atoms with van der Waals surface area (Å²) < 4.78 is 0. The van der Waals surface area contributed by atoms with Gasteiger partial charge < -0.3 is 9.80 Å². The number of nitrogens with zero attached hydrogens (tertiary/aromatic N) is 2. The zero-order valence-corrected chi connectivity index (χ0v) is 24.8. The van der Waals surface area contributed by atoms with Crippen molar-refractivity contribution in [1.29, 1.82) is 0 Å². The predicted molar refractivity (Wildman–Crippen MR) is 180 cm³/mol. The van der Waals surface area contributed by atoms with Crippen molar-refractivity contribution in [3.8, 4) is 11.1 Å². The fraction of sp³-hybridized carbons (Fsp3) is 0.100. The smallest absolute Gasteiger partial charge is 0.0488 e. The Labute approximate surface area is 250 Å². The third kappa shape index (κ3) is 5.84. The van der Waals surface area contributed by atoms with Crippen LogP contribution >= 0.6 is 0 Å². The van der Waals surface area contributed by atoms with Crippen LogP contribution in [0.25, 0.3) is 11.1 Å². The van der Waals surface area contributed by atoms with Crippen LogP contribution in [0.4, 0.5) is 34.1 Å². The molecule has 0 saturated carbocycles. The van der Waals surface area contributed by atoms with Crippen LogP contribution in [0, 0.1) is 27.7 Å². The van der Waals surface area contributed by atoms with Crippen LogP contribution in [0.15, 0.2) is 146 Å². The number of rotatable bonds is 7. The number of hydrogen-bond donors (Lipinski definition) is 0. The predicted octanol–water partition coefficient (Wildman–Crippen LogP) is 11.5. The van der Waals surface area contributed by atoms with E-state index in [9.17, 15) is 0 Å². The molecule has 206 valence electrons. The fourth-order valence-corrected chi connectivity index (χ4v) is 5.32. The van der Waals surface area contributed by atoms with E-state index in [0.717, 1.165) is 39.7 Å². The van der Waals surface area contributed by atoms with Gasteiger partial charge in [-0.3, -0.25) is 0 Å². The highest BCUT2D eigenvalue weighted by molar-refractivity contribution is 5.87. The minimum atomic E-state index is 1.10. The van der Waals surface area contributed by atoms with Crippen molar-refractivity contribution in [3.05, 3.63) is 168 Å². The van der Waals surface area contributed by atoms with Gasteiger partial charge in [0.2, 0.25) is 0 Å². The SMILES string of the molecule is Cc1ccc(N(c2ccc(C)cc2)c2cc(-c3ccccc3)cc(N(c3ccc(C)cc3)c3ccc(C)cc3)c2)cc1. The molecule has 2 nitrogen and oxygen atoms in total. The molecule has 0 N–H and O–H groups in total. The summed E-state index contributed by atoms with van der Waals surface area (Å²) in [5, 5.41) is 0. The average Bonchev–Trinajstić information content (AvgIpc) is 3.02. The van der Waals surface area contributed by atoms with Gasteiger partial charge in [-0.1, -0.05) is 101 Å². The summed E-state index contributed by atoms with van der Waals surface area (Å²) in [7, 11) is 0. The zero-order valence-electron chi connectivity index (χ0n) is 24.8. The van der Waals surface area contributed by atoms with E-state index < -0.39 is 0 Å². The van der Waals surface area contributed by atoms with Crippen LogP contribution in [-0.2, 0) is 0 Å². The lowest BCUT2D eigenvalue weighted by Gasteiger charge is -2.30. The highest BCUT2D eigenvalue weighted by Crippen LogP contribution is 2.43. The van der Waals surface area contributed by atoms with Crippen LogP contribution in [0.3, 0.4) is 0 Å². The lowest BCUT2D eigenvalue weighted by Crippen LogP contribution is -2.13. The molecule has 0 saturated heterocycles. The maximum atomic E-state index is 2.36. The Morgan fingerprint density at radius 1 is 0.286 bits per heavy atom. The van der Waals surface area contributed by atoms with Gasteiger partial charge in [0.05, 0.1) is 0 Å². The standard InChI is InChI=1S/C40H36N2/c1-29-10-18-35(19-11-29)41(36-20-12-30(2)13-21-36)39-26-34(33-8-6-5-7-9-33)27-40(28-39)42(37-22-14-31(3)15-23-37)38-24-16-32(4)17-25-38/h5-28H,1-4H3. The van der Waals surface area contributed by atoms with Crippen molar-refractivity contribution in [3.63, 3.8) is 0 Å². The van der Waals surface area contributed by atoms with E-state index in [4.69, 9.17) is 0 Å². The molecule has 0 fully saturated rings. The number of aryl methyl sites for hydroxylation is 4. The fourth-order valence-electron chi connectivity index (χ4n) is 5.32. The third-order valence-electron chi connectivity index (χ3n) is 7.69. The summed E-state index contributed by atoms with van der Waals surface area (Å²) in [4.78, 5) is 4.72. The molecule has 6 rings (SSSR count). The van der Waals surface area contributed by atoms with Crippen molar-refractivity contribution >= 4 is 34.1 Å². The van der Waals surface area contributed by atoms with Gasteiger partial charge >= 0.3 is 0 Å². The van der Waals surface area contributed by atoms with E-state index in [1.807, 2.05) is 0 Å². The van der Waals surface area contributed by atoms with E-state index >= 15 is 0 Å². The van der Waals surface area contributed by atoms with E-state index in [1.165, 1.54) is 27.8 Å². The largest absolute Gasteiger partial charge is 0.310 e. The first-order chi connectivity index (χ1) is 20.4. The molecular weight excluding hydrogens is 508 g/mol. The average molecular weight is 545 g/mol. The van der Waals surface area contributed by atoms with Crippen LogP contribution in [0.5, 0.6) is 0 Å². The molecule has 0 aliphatic rings. The summed E-state index contributed by atoms with van der Waals surface area (Å²) in [5.74, 6) is 0. The molecule has 6 aromatic rings. The quantitative estimate of drug-likeness (QED) is 0.197. The highest BCUT2D eigenvalue weighted by Gasteiger charge is 2.19. The third-order valence-corrected chi connectivity index (χ3v) is 7.69. The van der Waals surface area contributed by atoms with E-state index in [0.29, 0.717) is 0 Å². The van der Waals surface area contributed by atoms with E-state index in [-0.39, 0.29) is 0 Å².